The molecule has 4 saturated heterocycles. The zero-order valence-corrected chi connectivity index (χ0v) is 50.2. The summed E-state index contributed by atoms with van der Waals surface area (Å²) in [6.07, 6.45) is -3.49. The van der Waals surface area contributed by atoms with Crippen LogP contribution in [0.1, 0.15) is 126 Å². The van der Waals surface area contributed by atoms with Gasteiger partial charge in [-0.3, -0.25) is 14.4 Å². The van der Waals surface area contributed by atoms with E-state index in [2.05, 4.69) is 0 Å². The molecular formula is C61H97NO23. The molecule has 0 amide bonds. The number of ketones is 1. The lowest BCUT2D eigenvalue weighted by molar-refractivity contribution is -0.344. The van der Waals surface area contributed by atoms with Gasteiger partial charge in [0.25, 0.3) is 0 Å². The number of allylic oxidation sites excluding steroid dienone is 10. The largest absolute Gasteiger partial charge is 0.481 e. The number of cyclic esters (lactones) is 1. The number of aliphatic carboxylic acids is 1. The van der Waals surface area contributed by atoms with Crippen LogP contribution in [0.3, 0.4) is 0 Å². The van der Waals surface area contributed by atoms with Gasteiger partial charge < -0.3 is 105 Å². The molecular weight excluding hydrogens is 1110 g/mol. The summed E-state index contributed by atoms with van der Waals surface area (Å²) in [5.74, 6) is -7.91. The number of Topliss-reactive ketones (excluding diaryl/α,β-unsaturated/α-hetero) is 1. The number of carboxylic acid groups (broad SMARTS) is 1. The van der Waals surface area contributed by atoms with Crippen LogP contribution in [0, 0.1) is 17.8 Å². The number of aliphatic hydroxyl groups is 10. The van der Waals surface area contributed by atoms with Crippen molar-refractivity contribution in [3.8, 4) is 0 Å². The van der Waals surface area contributed by atoms with E-state index in [0.717, 1.165) is 0 Å². The highest BCUT2D eigenvalue weighted by molar-refractivity contribution is 5.80. The summed E-state index contributed by atoms with van der Waals surface area (Å²) in [4.78, 5) is 39.2. The van der Waals surface area contributed by atoms with Gasteiger partial charge in [0.05, 0.1) is 91.8 Å². The number of fused-ring (bicyclic) bond motifs is 2. The molecule has 85 heavy (non-hydrogen) atoms. The molecule has 0 radical (unpaired) electrons. The minimum absolute atomic E-state index is 0.239. The van der Waals surface area contributed by atoms with E-state index >= 15 is 0 Å². The molecule has 0 aliphatic carbocycles. The van der Waals surface area contributed by atoms with Gasteiger partial charge in [-0.15, -0.1) is 0 Å². The summed E-state index contributed by atoms with van der Waals surface area (Å²) >= 11 is 0. The molecule has 24 heteroatoms. The number of ether oxygens (including phenoxy) is 9. The van der Waals surface area contributed by atoms with Crippen LogP contribution in [0.4, 0.5) is 0 Å². The normalized spacial score (nSPS) is 45.5. The molecule has 0 aromatic heterocycles. The quantitative estimate of drug-likeness (QED) is 0.122. The smallest absolute Gasteiger partial charge is 0.311 e. The molecule has 5 aliphatic heterocycles. The van der Waals surface area contributed by atoms with Crippen LogP contribution in [0.2, 0.25) is 0 Å². The molecule has 24 nitrogen and oxygen atoms in total. The SMILES string of the molecule is COC1C(O)C(OC2[C@@H](C)C(C)(C)OC(=O)C[C@H](O)CC(=O)C[C@H](O)CC[C@@H](O)[C@H](O)C[C@]3(O)C[C@H](O)[C@@H](C(=O)O)[C@H](C[C@@H](O[C@@H]4O[C@H](C)[C@@H](O)[C@H](N)[C@@H]4O)/C=C/C=C/C=C/C=C/C=C/CC/C=C/[C@@H]2C)O3)OC(C)C1OC1CCC(O)C(C)O1. The van der Waals surface area contributed by atoms with Crippen LogP contribution >= 0.6 is 0 Å². The summed E-state index contributed by atoms with van der Waals surface area (Å²) in [5, 5.41) is 120. The van der Waals surface area contributed by atoms with E-state index in [4.69, 9.17) is 48.4 Å². The second kappa shape index (κ2) is 33.8. The van der Waals surface area contributed by atoms with Gasteiger partial charge in [-0.25, -0.2) is 0 Å². The van der Waals surface area contributed by atoms with E-state index in [1.165, 1.54) is 20.1 Å². The fourth-order valence-electron chi connectivity index (χ4n) is 11.3. The number of aliphatic hydroxyl groups excluding tert-OH is 9. The number of nitrogens with two attached hydrogens (primary N) is 1. The van der Waals surface area contributed by atoms with E-state index in [9.17, 15) is 70.6 Å². The van der Waals surface area contributed by atoms with Crippen molar-refractivity contribution in [2.45, 2.75) is 266 Å². The van der Waals surface area contributed by atoms with Gasteiger partial charge in [0, 0.05) is 57.5 Å². The van der Waals surface area contributed by atoms with Crippen LogP contribution in [-0.2, 0) is 57.0 Å². The van der Waals surface area contributed by atoms with Crippen LogP contribution in [0.25, 0.3) is 0 Å². The minimum Gasteiger partial charge on any atom is -0.481 e. The van der Waals surface area contributed by atoms with Crippen LogP contribution in [0.5, 0.6) is 0 Å². The average Bonchev–Trinajstić information content (AvgIpc) is 1.86. The third-order valence-corrected chi connectivity index (χ3v) is 16.7. The number of esters is 1. The second-order valence-electron chi connectivity index (χ2n) is 24.0. The lowest BCUT2D eigenvalue weighted by Gasteiger charge is -2.47. The number of hydrogen-bond donors (Lipinski definition) is 12. The van der Waals surface area contributed by atoms with Gasteiger partial charge in [-0.1, -0.05) is 86.8 Å². The van der Waals surface area contributed by atoms with Crippen molar-refractivity contribution >= 4 is 17.7 Å². The first-order valence-corrected chi connectivity index (χ1v) is 29.7. The first-order valence-electron chi connectivity index (χ1n) is 29.7. The second-order valence-corrected chi connectivity index (χ2v) is 24.0. The molecule has 9 unspecified atom stereocenters. The number of rotatable bonds is 8. The monoisotopic (exact) mass is 1210 g/mol. The Morgan fingerprint density at radius 2 is 1.21 bits per heavy atom. The Kier molecular flexibility index (Phi) is 28.6. The Morgan fingerprint density at radius 1 is 0.612 bits per heavy atom. The molecule has 0 spiro atoms. The summed E-state index contributed by atoms with van der Waals surface area (Å²) in [7, 11) is 1.44. The van der Waals surface area contributed by atoms with Crippen molar-refractivity contribution in [2.24, 2.45) is 23.5 Å². The van der Waals surface area contributed by atoms with Crippen molar-refractivity contribution < 1.29 is 113 Å². The van der Waals surface area contributed by atoms with Gasteiger partial charge >= 0.3 is 11.9 Å². The maximum Gasteiger partial charge on any atom is 0.311 e. The average molecular weight is 1210 g/mol. The molecule has 2 bridgehead atoms. The van der Waals surface area contributed by atoms with Gasteiger partial charge in [-0.05, 0) is 66.7 Å². The Morgan fingerprint density at radius 3 is 1.87 bits per heavy atom. The molecule has 0 aromatic carbocycles. The van der Waals surface area contributed by atoms with Crippen molar-refractivity contribution in [1.29, 1.82) is 0 Å². The highest BCUT2D eigenvalue weighted by Gasteiger charge is 2.52. The van der Waals surface area contributed by atoms with Crippen molar-refractivity contribution in [3.63, 3.8) is 0 Å². The molecule has 484 valence electrons. The molecule has 0 aromatic rings. The number of carbonyl (C=O) groups excluding carboxylic acids is 2. The van der Waals surface area contributed by atoms with E-state index in [0.29, 0.717) is 25.7 Å². The molecule has 5 heterocycles. The van der Waals surface area contributed by atoms with Crippen molar-refractivity contribution in [3.05, 3.63) is 72.9 Å². The van der Waals surface area contributed by atoms with Crippen LogP contribution < -0.4 is 5.73 Å². The van der Waals surface area contributed by atoms with Crippen molar-refractivity contribution in [2.75, 3.05) is 7.11 Å². The number of carboxylic acids is 1. The number of hydrogen-bond acceptors (Lipinski definition) is 23. The summed E-state index contributed by atoms with van der Waals surface area (Å²) in [6.45, 7) is 12.1. The first-order chi connectivity index (χ1) is 40.0. The van der Waals surface area contributed by atoms with Gasteiger partial charge in [0.2, 0.25) is 0 Å². The topological polar surface area (TPSA) is 383 Å². The van der Waals surface area contributed by atoms with E-state index in [1.54, 1.807) is 64.2 Å². The summed E-state index contributed by atoms with van der Waals surface area (Å²) in [6, 6.07) is -1.17. The fraction of sp³-hybridized carbons (Fsp3) is 0.754. The zero-order chi connectivity index (χ0) is 62.9. The predicted octanol–water partition coefficient (Wildman–Crippen LogP) is 1.95. The minimum atomic E-state index is -2.40. The summed E-state index contributed by atoms with van der Waals surface area (Å²) in [5.41, 5.74) is 4.79. The van der Waals surface area contributed by atoms with E-state index in [1.807, 2.05) is 44.2 Å². The molecule has 0 saturated carbocycles. The molecule has 25 atom stereocenters. The maximum absolute atomic E-state index is 13.5. The van der Waals surface area contributed by atoms with Gasteiger partial charge in [0.15, 0.2) is 24.7 Å². The maximum atomic E-state index is 13.5. The predicted molar refractivity (Wildman–Crippen MR) is 305 cm³/mol. The Labute approximate surface area is 498 Å². The Bertz CT molecular complexity index is 2260. The van der Waals surface area contributed by atoms with E-state index in [-0.39, 0.29) is 25.2 Å². The standard InChI is InChI=1S/C61H97NO23/c1-33-21-19-17-15-13-11-9-10-12-14-16-18-20-22-41(81-58-52(72)50(62)51(71)36(4)79-58)30-46-49(57(74)75)45(69)32-61(76,84-46)31-44(68)43(67)24-23-38(63)27-39(64)28-40(65)29-47(70)85-60(6,7)34(2)54(33)83-59-53(73)56(77-8)55(37(5)80-59)82-48-26-25-42(66)35(3)78-48/h9-14,16,18-22,33-38,40-46,48-56,58-59,63,65-69,71-73,76H,15,17,23-32,62H2,1-8H3,(H,74,75)/b10-9+,13-11+,14-12+,18-16+,21-19+,22-20+/t33-,34+,35?,36+,37?,38+,40+,41-,42?,43+,44+,45-,46-,48?,49+,50-,51+,52-,53?,54?,55?,56?,58-,59?,61+/m0/s1. The highest BCUT2D eigenvalue weighted by atomic mass is 16.7. The van der Waals surface area contributed by atoms with Gasteiger partial charge in [0.1, 0.15) is 41.7 Å². The van der Waals surface area contributed by atoms with Crippen LogP contribution in [0.15, 0.2) is 72.9 Å². The van der Waals surface area contributed by atoms with Gasteiger partial charge in [-0.2, -0.15) is 0 Å². The third kappa shape index (κ3) is 21.5. The van der Waals surface area contributed by atoms with Crippen LogP contribution in [-0.4, -0.2) is 221 Å². The zero-order valence-electron chi connectivity index (χ0n) is 50.2. The first kappa shape index (κ1) is 72.0. The highest BCUT2D eigenvalue weighted by Crippen LogP contribution is 2.40. The molecule has 5 rings (SSSR count). The number of methoxy groups -OCH3 is 1. The lowest BCUT2D eigenvalue weighted by Crippen LogP contribution is -2.61. The fourth-order valence-corrected chi connectivity index (χ4v) is 11.3. The third-order valence-electron chi connectivity index (χ3n) is 16.7. The molecule has 5 aliphatic rings. The Balaban J connectivity index is 1.35. The lowest BCUT2D eigenvalue weighted by atomic mass is 9.81. The molecule has 4 fully saturated rings. The number of carbonyl (C=O) groups is 3. The Hall–Kier alpha value is -3.71. The van der Waals surface area contributed by atoms with Crippen molar-refractivity contribution in [1.82, 2.24) is 0 Å². The van der Waals surface area contributed by atoms with E-state index < -0.39 is 202 Å². The molecule has 13 N–H and O–H groups in total. The summed E-state index contributed by atoms with van der Waals surface area (Å²) < 4.78 is 54.7.